The molecule has 37 heavy (non-hydrogen) atoms. The SMILES string of the molecule is NS(=O)(=O)CCN=C(NS(=O)(=O)c1ccc(F)nc1)N1C[C@H](c2ccccc2)C(c2ccc(F)cc2)=N1. The third-order valence-corrected chi connectivity index (χ3v) is 7.44. The fourth-order valence-corrected chi connectivity index (χ4v) is 4.92. The number of nitrogens with one attached hydrogen (secondary N) is 1. The Balaban J connectivity index is 1.73. The highest BCUT2D eigenvalue weighted by molar-refractivity contribution is 7.90. The second-order valence-corrected chi connectivity index (χ2v) is 11.4. The molecular formula is C23H22F2N6O4S2. The van der Waals surface area contributed by atoms with Crippen LogP contribution in [0.1, 0.15) is 17.0 Å². The van der Waals surface area contributed by atoms with Crippen LogP contribution in [-0.4, -0.2) is 57.3 Å². The molecule has 0 saturated heterocycles. The maximum atomic E-state index is 13.6. The number of nitrogens with zero attached hydrogens (tertiary/aromatic N) is 4. The fourth-order valence-electron chi connectivity index (χ4n) is 3.61. The molecule has 3 aromatic rings. The van der Waals surface area contributed by atoms with E-state index in [0.29, 0.717) is 11.3 Å². The van der Waals surface area contributed by atoms with Crippen LogP contribution in [-0.2, 0) is 20.0 Å². The van der Waals surface area contributed by atoms with Gasteiger partial charge < -0.3 is 0 Å². The number of sulfonamides is 2. The van der Waals surface area contributed by atoms with Crippen LogP contribution in [0.4, 0.5) is 8.78 Å². The van der Waals surface area contributed by atoms with Crippen molar-refractivity contribution in [1.82, 2.24) is 14.7 Å². The van der Waals surface area contributed by atoms with Gasteiger partial charge in [0.05, 0.1) is 30.8 Å². The minimum absolute atomic E-state index is 0.134. The van der Waals surface area contributed by atoms with Crippen molar-refractivity contribution in [1.29, 1.82) is 0 Å². The zero-order chi connectivity index (χ0) is 26.6. The number of guanidine groups is 1. The van der Waals surface area contributed by atoms with E-state index in [1.807, 2.05) is 30.3 Å². The number of pyridine rings is 1. The van der Waals surface area contributed by atoms with Crippen molar-refractivity contribution in [3.8, 4) is 0 Å². The van der Waals surface area contributed by atoms with Gasteiger partial charge >= 0.3 is 0 Å². The molecule has 3 N–H and O–H groups in total. The van der Waals surface area contributed by atoms with E-state index < -0.39 is 37.6 Å². The lowest BCUT2D eigenvalue weighted by Gasteiger charge is -2.19. The Morgan fingerprint density at radius 2 is 1.73 bits per heavy atom. The van der Waals surface area contributed by atoms with Gasteiger partial charge in [0.1, 0.15) is 10.7 Å². The van der Waals surface area contributed by atoms with Gasteiger partial charge in [0.2, 0.25) is 21.9 Å². The van der Waals surface area contributed by atoms with Gasteiger partial charge in [-0.3, -0.25) is 0 Å². The predicted octanol–water partition coefficient (Wildman–Crippen LogP) is 1.79. The van der Waals surface area contributed by atoms with Crippen molar-refractivity contribution in [3.05, 3.63) is 95.8 Å². The van der Waals surface area contributed by atoms with Gasteiger partial charge in [-0.05, 0) is 35.4 Å². The summed E-state index contributed by atoms with van der Waals surface area (Å²) in [6, 6.07) is 16.9. The molecule has 4 rings (SSSR count). The summed E-state index contributed by atoms with van der Waals surface area (Å²) < 4.78 is 77.9. The summed E-state index contributed by atoms with van der Waals surface area (Å²) >= 11 is 0. The molecule has 1 aliphatic rings. The van der Waals surface area contributed by atoms with Gasteiger partial charge in [-0.25, -0.2) is 46.1 Å². The predicted molar refractivity (Wildman–Crippen MR) is 134 cm³/mol. The fraction of sp³-hybridized carbons (Fsp3) is 0.174. The summed E-state index contributed by atoms with van der Waals surface area (Å²) in [5.74, 6) is -2.46. The molecule has 194 valence electrons. The Morgan fingerprint density at radius 1 is 1.03 bits per heavy atom. The van der Waals surface area contributed by atoms with Crippen LogP contribution in [0.5, 0.6) is 0 Å². The Morgan fingerprint density at radius 3 is 2.35 bits per heavy atom. The highest BCUT2D eigenvalue weighted by atomic mass is 32.2. The number of rotatable bonds is 7. The van der Waals surface area contributed by atoms with Crippen molar-refractivity contribution in [2.75, 3.05) is 18.8 Å². The van der Waals surface area contributed by atoms with E-state index in [2.05, 4.69) is 19.8 Å². The molecule has 0 saturated carbocycles. The van der Waals surface area contributed by atoms with Crippen LogP contribution >= 0.6 is 0 Å². The number of primary sulfonamides is 1. The van der Waals surface area contributed by atoms with Crippen LogP contribution in [0.3, 0.4) is 0 Å². The number of benzene rings is 2. The molecule has 0 spiro atoms. The van der Waals surface area contributed by atoms with Gasteiger partial charge in [-0.1, -0.05) is 42.5 Å². The van der Waals surface area contributed by atoms with Crippen molar-refractivity contribution < 1.29 is 25.6 Å². The first-order valence-corrected chi connectivity index (χ1v) is 14.1. The van der Waals surface area contributed by atoms with E-state index in [1.165, 1.54) is 17.1 Å². The molecule has 0 fully saturated rings. The average molecular weight is 549 g/mol. The second-order valence-electron chi connectivity index (χ2n) is 8.03. The maximum Gasteiger partial charge on any atom is 0.265 e. The average Bonchev–Trinajstić information content (AvgIpc) is 3.29. The number of hydrogen-bond donors (Lipinski definition) is 2. The Hall–Kier alpha value is -3.75. The lowest BCUT2D eigenvalue weighted by atomic mass is 9.91. The van der Waals surface area contributed by atoms with Gasteiger partial charge in [0, 0.05) is 5.92 Å². The number of aliphatic imine (C=N–C) groups is 1. The molecule has 14 heteroatoms. The smallest absolute Gasteiger partial charge is 0.250 e. The van der Waals surface area contributed by atoms with Crippen LogP contribution in [0.15, 0.2) is 87.9 Å². The van der Waals surface area contributed by atoms with Gasteiger partial charge in [-0.2, -0.15) is 9.49 Å². The lowest BCUT2D eigenvalue weighted by molar-refractivity contribution is 0.461. The molecule has 0 bridgehead atoms. The van der Waals surface area contributed by atoms with Gasteiger partial charge in [0.25, 0.3) is 10.0 Å². The van der Waals surface area contributed by atoms with Crippen molar-refractivity contribution in [3.63, 3.8) is 0 Å². The molecule has 1 aromatic heterocycles. The maximum absolute atomic E-state index is 13.6. The number of nitrogens with two attached hydrogens (primary N) is 1. The third-order valence-electron chi connectivity index (χ3n) is 5.37. The highest BCUT2D eigenvalue weighted by Crippen LogP contribution is 2.29. The lowest BCUT2D eigenvalue weighted by Crippen LogP contribution is -2.41. The van der Waals surface area contributed by atoms with E-state index in [9.17, 15) is 25.6 Å². The highest BCUT2D eigenvalue weighted by Gasteiger charge is 2.33. The Bertz CT molecular complexity index is 1530. The zero-order valence-electron chi connectivity index (χ0n) is 19.2. The normalized spacial score (nSPS) is 16.5. The summed E-state index contributed by atoms with van der Waals surface area (Å²) in [6.45, 7) is -0.221. The minimum Gasteiger partial charge on any atom is -0.250 e. The number of hydrogen-bond acceptors (Lipinski definition) is 7. The molecule has 10 nitrogen and oxygen atoms in total. The van der Waals surface area contributed by atoms with E-state index in [4.69, 9.17) is 5.14 Å². The van der Waals surface area contributed by atoms with Crippen LogP contribution < -0.4 is 9.86 Å². The van der Waals surface area contributed by atoms with Crippen molar-refractivity contribution in [2.24, 2.45) is 15.2 Å². The van der Waals surface area contributed by atoms with Gasteiger partial charge in [-0.15, -0.1) is 0 Å². The minimum atomic E-state index is -4.30. The van der Waals surface area contributed by atoms with Crippen LogP contribution in [0.25, 0.3) is 0 Å². The third kappa shape index (κ3) is 6.72. The molecule has 0 amide bonds. The number of aromatic nitrogens is 1. The molecule has 0 radical (unpaired) electrons. The van der Waals surface area contributed by atoms with Crippen molar-refractivity contribution >= 4 is 31.7 Å². The summed E-state index contributed by atoms with van der Waals surface area (Å²) in [6.07, 6.45) is 0.837. The quantitative estimate of drug-likeness (QED) is 0.261. The topological polar surface area (TPSA) is 147 Å². The summed E-state index contributed by atoms with van der Waals surface area (Å²) in [4.78, 5) is 7.14. The van der Waals surface area contributed by atoms with E-state index in [-0.39, 0.29) is 29.9 Å². The molecule has 0 unspecified atom stereocenters. The molecule has 2 aromatic carbocycles. The standard InChI is InChI=1S/C23H22F2N6O4S2/c24-18-8-6-17(7-9-18)22-20(16-4-2-1-3-5-16)15-31(29-22)23(27-12-13-36(26,32)33)30-37(34,35)19-10-11-21(25)28-14-19/h1-11,14,20H,12-13,15H2,(H,27,30)(H2,26,32,33)/t20-/m1/s1. The Labute approximate surface area is 212 Å². The summed E-state index contributed by atoms with van der Waals surface area (Å²) in [7, 11) is -8.18. The first-order valence-electron chi connectivity index (χ1n) is 10.9. The number of hydrazone groups is 1. The first kappa shape index (κ1) is 26.3. The second kappa shape index (κ2) is 10.7. The molecule has 1 aliphatic heterocycles. The van der Waals surface area contributed by atoms with Crippen LogP contribution in [0, 0.1) is 11.8 Å². The van der Waals surface area contributed by atoms with Crippen molar-refractivity contribution in [2.45, 2.75) is 10.8 Å². The molecule has 2 heterocycles. The first-order chi connectivity index (χ1) is 17.5. The van der Waals surface area contributed by atoms with E-state index in [0.717, 1.165) is 23.9 Å². The summed E-state index contributed by atoms with van der Waals surface area (Å²) in [5, 5.41) is 10.9. The monoisotopic (exact) mass is 548 g/mol. The van der Waals surface area contributed by atoms with Crippen LogP contribution in [0.2, 0.25) is 0 Å². The van der Waals surface area contributed by atoms with E-state index in [1.54, 1.807) is 12.1 Å². The molecular weight excluding hydrogens is 526 g/mol. The Kier molecular flexibility index (Phi) is 7.61. The van der Waals surface area contributed by atoms with Gasteiger partial charge in [0.15, 0.2) is 0 Å². The largest absolute Gasteiger partial charge is 0.265 e. The number of halogens is 2. The molecule has 0 aliphatic carbocycles. The van der Waals surface area contributed by atoms with E-state index >= 15 is 0 Å². The zero-order valence-corrected chi connectivity index (χ0v) is 20.8. The molecule has 1 atom stereocenters. The summed E-state index contributed by atoms with van der Waals surface area (Å²) in [5.41, 5.74) is 1.99.